The molecule has 0 spiro atoms. The topological polar surface area (TPSA) is 93.8 Å². The van der Waals surface area contributed by atoms with Crippen molar-refractivity contribution in [3.63, 3.8) is 0 Å². The van der Waals surface area contributed by atoms with Gasteiger partial charge in [0.2, 0.25) is 0 Å². The minimum Gasteiger partial charge on any atom is -0.484 e. The van der Waals surface area contributed by atoms with Gasteiger partial charge >= 0.3 is 0 Å². The van der Waals surface area contributed by atoms with Crippen molar-refractivity contribution < 1.29 is 14.5 Å². The molecule has 7 heteroatoms. The fourth-order valence-electron chi connectivity index (χ4n) is 2.60. The maximum atomic E-state index is 11.8. The number of carbonyl (C=O) groups is 1. The Morgan fingerprint density at radius 1 is 1.00 bits per heavy atom. The summed E-state index contributed by atoms with van der Waals surface area (Å²) >= 11 is 0. The lowest BCUT2D eigenvalue weighted by molar-refractivity contribution is -0.384. The van der Waals surface area contributed by atoms with E-state index in [2.05, 4.69) is 10.5 Å². The maximum Gasteiger partial charge on any atom is 0.277 e. The lowest BCUT2D eigenvalue weighted by atomic mass is 10.1. The molecule has 0 saturated heterocycles. The van der Waals surface area contributed by atoms with E-state index in [1.807, 2.05) is 42.5 Å². The van der Waals surface area contributed by atoms with Gasteiger partial charge in [-0.05, 0) is 34.9 Å². The zero-order chi connectivity index (χ0) is 21.2. The van der Waals surface area contributed by atoms with Gasteiger partial charge in [0.25, 0.3) is 11.6 Å². The van der Waals surface area contributed by atoms with Gasteiger partial charge in [0.05, 0.1) is 4.92 Å². The van der Waals surface area contributed by atoms with Crippen molar-refractivity contribution >= 4 is 23.9 Å². The van der Waals surface area contributed by atoms with Crippen molar-refractivity contribution in [3.8, 4) is 16.9 Å². The molecular formula is C23H19N3O4. The Morgan fingerprint density at radius 3 is 2.47 bits per heavy atom. The van der Waals surface area contributed by atoms with E-state index in [4.69, 9.17) is 4.74 Å². The second-order valence-corrected chi connectivity index (χ2v) is 6.20. The van der Waals surface area contributed by atoms with Crippen molar-refractivity contribution in [1.82, 2.24) is 5.43 Å². The Balaban J connectivity index is 1.43. The summed E-state index contributed by atoms with van der Waals surface area (Å²) < 4.78 is 5.45. The molecule has 0 saturated carbocycles. The average molecular weight is 401 g/mol. The number of carbonyl (C=O) groups excluding carboxylic acids is 1. The molecule has 3 aromatic rings. The van der Waals surface area contributed by atoms with E-state index in [0.29, 0.717) is 11.3 Å². The van der Waals surface area contributed by atoms with Crippen LogP contribution in [0.3, 0.4) is 0 Å². The Kier molecular flexibility index (Phi) is 7.05. The van der Waals surface area contributed by atoms with Crippen LogP contribution in [0.4, 0.5) is 5.69 Å². The molecule has 0 aliphatic rings. The fourth-order valence-corrected chi connectivity index (χ4v) is 2.60. The van der Waals surface area contributed by atoms with E-state index in [1.165, 1.54) is 18.3 Å². The van der Waals surface area contributed by atoms with Crippen molar-refractivity contribution in [2.24, 2.45) is 5.10 Å². The van der Waals surface area contributed by atoms with E-state index in [9.17, 15) is 14.9 Å². The molecule has 0 bridgehead atoms. The van der Waals surface area contributed by atoms with E-state index in [-0.39, 0.29) is 12.3 Å². The maximum absolute atomic E-state index is 11.8. The van der Waals surface area contributed by atoms with Crippen LogP contribution in [-0.4, -0.2) is 23.7 Å². The number of ether oxygens (including phenoxy) is 1. The Bertz CT molecular complexity index is 1060. The number of nitro benzene ring substituents is 1. The van der Waals surface area contributed by atoms with E-state index in [0.717, 1.165) is 11.1 Å². The minimum absolute atomic E-state index is 0.0105. The number of nitro groups is 1. The number of non-ortho nitro benzene ring substituents is 1. The Hall–Kier alpha value is -4.26. The molecule has 0 aliphatic carbocycles. The number of hydrogen-bond donors (Lipinski definition) is 1. The first-order valence-electron chi connectivity index (χ1n) is 9.13. The van der Waals surface area contributed by atoms with Gasteiger partial charge in [-0.15, -0.1) is 0 Å². The van der Waals surface area contributed by atoms with Crippen molar-refractivity contribution in [2.45, 2.75) is 0 Å². The second kappa shape index (κ2) is 10.3. The van der Waals surface area contributed by atoms with Gasteiger partial charge in [-0.1, -0.05) is 60.7 Å². The second-order valence-electron chi connectivity index (χ2n) is 6.20. The first kappa shape index (κ1) is 20.5. The highest BCUT2D eigenvalue weighted by atomic mass is 16.6. The number of hydrazone groups is 1. The molecule has 0 heterocycles. The summed E-state index contributed by atoms with van der Waals surface area (Å²) in [5.74, 6) is 0.182. The van der Waals surface area contributed by atoms with Crippen LogP contribution in [-0.2, 0) is 4.79 Å². The van der Waals surface area contributed by atoms with E-state index >= 15 is 0 Å². The van der Waals surface area contributed by atoms with Gasteiger partial charge in [-0.25, -0.2) is 5.43 Å². The highest BCUT2D eigenvalue weighted by molar-refractivity contribution is 5.82. The number of benzene rings is 3. The zero-order valence-corrected chi connectivity index (χ0v) is 16.0. The van der Waals surface area contributed by atoms with Crippen molar-refractivity contribution in [2.75, 3.05) is 6.61 Å². The normalized spacial score (nSPS) is 10.9. The average Bonchev–Trinajstić information content (AvgIpc) is 2.78. The Morgan fingerprint density at radius 2 is 1.73 bits per heavy atom. The Labute approximate surface area is 173 Å². The molecule has 0 atom stereocenters. The molecule has 1 N–H and O–H groups in total. The van der Waals surface area contributed by atoms with Crippen LogP contribution in [0.15, 0.2) is 90.0 Å². The van der Waals surface area contributed by atoms with Gasteiger partial charge in [0, 0.05) is 18.3 Å². The molecule has 0 fully saturated rings. The zero-order valence-electron chi connectivity index (χ0n) is 16.0. The van der Waals surface area contributed by atoms with Crippen LogP contribution in [0.5, 0.6) is 5.75 Å². The standard InChI is InChI=1S/C23H19N3O4/c27-23(25-24-15-5-7-18-6-4-10-21(16-18)26(28)29)17-30-22-13-11-20(12-14-22)19-8-2-1-3-9-19/h1-16H,17H2,(H,25,27)/b7-5+,24-15-. The van der Waals surface area contributed by atoms with Gasteiger partial charge < -0.3 is 4.74 Å². The molecule has 1 amide bonds. The fraction of sp³-hybridized carbons (Fsp3) is 0.0435. The predicted molar refractivity (Wildman–Crippen MR) is 116 cm³/mol. The first-order valence-corrected chi connectivity index (χ1v) is 9.13. The van der Waals surface area contributed by atoms with Crippen LogP contribution in [0.2, 0.25) is 0 Å². The van der Waals surface area contributed by atoms with Crippen LogP contribution in [0.25, 0.3) is 17.2 Å². The lowest BCUT2D eigenvalue weighted by Crippen LogP contribution is -2.24. The molecule has 3 rings (SSSR count). The first-order chi connectivity index (χ1) is 14.6. The van der Waals surface area contributed by atoms with Gasteiger partial charge in [-0.3, -0.25) is 14.9 Å². The summed E-state index contributed by atoms with van der Waals surface area (Å²) in [6.07, 6.45) is 4.60. The van der Waals surface area contributed by atoms with E-state index in [1.54, 1.807) is 36.4 Å². The molecule has 0 aromatic heterocycles. The predicted octanol–water partition coefficient (Wildman–Crippen LogP) is 4.46. The van der Waals surface area contributed by atoms with Crippen molar-refractivity contribution in [1.29, 1.82) is 0 Å². The highest BCUT2D eigenvalue weighted by Gasteiger charge is 2.04. The largest absolute Gasteiger partial charge is 0.484 e. The monoisotopic (exact) mass is 401 g/mol. The smallest absolute Gasteiger partial charge is 0.277 e. The molecular weight excluding hydrogens is 382 g/mol. The summed E-state index contributed by atoms with van der Waals surface area (Å²) in [6, 6.07) is 23.6. The highest BCUT2D eigenvalue weighted by Crippen LogP contribution is 2.22. The van der Waals surface area contributed by atoms with Gasteiger partial charge in [-0.2, -0.15) is 5.10 Å². The SMILES string of the molecule is O=C(COc1ccc(-c2ccccc2)cc1)N/N=C\C=C\c1cccc([N+](=O)[O-])c1. The third-order valence-corrected chi connectivity index (χ3v) is 4.05. The van der Waals surface area contributed by atoms with Crippen molar-refractivity contribution in [3.05, 3.63) is 101 Å². The number of nitrogens with zero attached hydrogens (tertiary/aromatic N) is 2. The summed E-state index contributed by atoms with van der Waals surface area (Å²) in [5, 5.41) is 14.5. The minimum atomic E-state index is -0.457. The summed E-state index contributed by atoms with van der Waals surface area (Å²) in [5.41, 5.74) is 5.19. The number of rotatable bonds is 8. The van der Waals surface area contributed by atoms with Crippen LogP contribution >= 0.6 is 0 Å². The number of allylic oxidation sites excluding steroid dienone is 1. The third kappa shape index (κ3) is 6.13. The molecule has 0 unspecified atom stereocenters. The molecule has 0 aliphatic heterocycles. The lowest BCUT2D eigenvalue weighted by Gasteiger charge is -2.06. The number of nitrogens with one attached hydrogen (secondary N) is 1. The third-order valence-electron chi connectivity index (χ3n) is 4.05. The molecule has 3 aromatic carbocycles. The number of amides is 1. The summed E-state index contributed by atoms with van der Waals surface area (Å²) in [6.45, 7) is -0.170. The molecule has 150 valence electrons. The molecule has 30 heavy (non-hydrogen) atoms. The quantitative estimate of drug-likeness (QED) is 0.343. The number of hydrogen-bond acceptors (Lipinski definition) is 5. The van der Waals surface area contributed by atoms with Gasteiger partial charge in [0.15, 0.2) is 6.61 Å². The molecule has 0 radical (unpaired) electrons. The summed E-state index contributed by atoms with van der Waals surface area (Å²) in [4.78, 5) is 22.1. The molecule has 7 nitrogen and oxygen atoms in total. The van der Waals surface area contributed by atoms with Crippen LogP contribution in [0.1, 0.15) is 5.56 Å². The summed E-state index contributed by atoms with van der Waals surface area (Å²) in [7, 11) is 0. The van der Waals surface area contributed by atoms with Gasteiger partial charge in [0.1, 0.15) is 5.75 Å². The van der Waals surface area contributed by atoms with E-state index < -0.39 is 10.8 Å². The van der Waals surface area contributed by atoms with Crippen LogP contribution < -0.4 is 10.2 Å². The van der Waals surface area contributed by atoms with Crippen LogP contribution in [0, 0.1) is 10.1 Å².